The van der Waals surface area contributed by atoms with Crippen molar-refractivity contribution in [3.05, 3.63) is 11.6 Å². The number of aryl methyl sites for hydroxylation is 2. The summed E-state index contributed by atoms with van der Waals surface area (Å²) in [4.78, 5) is 30.3. The molecule has 8 nitrogen and oxygen atoms in total. The zero-order valence-electron chi connectivity index (χ0n) is 13.7. The maximum Gasteiger partial charge on any atom is 0.242 e. The second-order valence-electron chi connectivity index (χ2n) is 6.23. The van der Waals surface area contributed by atoms with Crippen LogP contribution in [0, 0.1) is 6.92 Å². The molecule has 2 amide bonds. The van der Waals surface area contributed by atoms with Gasteiger partial charge in [0, 0.05) is 26.1 Å². The molecule has 0 bridgehead atoms. The van der Waals surface area contributed by atoms with Gasteiger partial charge in [-0.1, -0.05) is 0 Å². The molecule has 1 aromatic heterocycles. The second-order valence-corrected chi connectivity index (χ2v) is 6.23. The van der Waals surface area contributed by atoms with E-state index in [0.717, 1.165) is 43.9 Å². The molecule has 8 heteroatoms. The fourth-order valence-corrected chi connectivity index (χ4v) is 3.44. The Labute approximate surface area is 135 Å². The van der Waals surface area contributed by atoms with Gasteiger partial charge in [0.25, 0.3) is 0 Å². The summed E-state index contributed by atoms with van der Waals surface area (Å²) >= 11 is 0. The van der Waals surface area contributed by atoms with Crippen LogP contribution in [-0.2, 0) is 22.6 Å². The van der Waals surface area contributed by atoms with Crippen molar-refractivity contribution in [1.29, 1.82) is 0 Å². The van der Waals surface area contributed by atoms with E-state index in [-0.39, 0.29) is 30.4 Å². The first-order chi connectivity index (χ1) is 11.1. The number of fused-ring (bicyclic) bond motifs is 1. The third-order valence-corrected chi connectivity index (χ3v) is 4.63. The monoisotopic (exact) mass is 320 g/mol. The molecule has 23 heavy (non-hydrogen) atoms. The third kappa shape index (κ3) is 3.36. The number of nitrogens with one attached hydrogen (secondary N) is 2. The van der Waals surface area contributed by atoms with Crippen LogP contribution in [0.25, 0.3) is 0 Å². The number of aromatic nitrogens is 3. The molecule has 0 spiro atoms. The highest BCUT2D eigenvalue weighted by Crippen LogP contribution is 2.18. The Kier molecular flexibility index (Phi) is 4.61. The molecule has 0 aromatic carbocycles. The number of nitrogens with zero attached hydrogens (tertiary/aromatic N) is 4. The van der Waals surface area contributed by atoms with Crippen LogP contribution in [0.4, 0.5) is 0 Å². The fraction of sp³-hybridized carbons (Fsp3) is 0.733. The normalized spacial score (nSPS) is 23.7. The van der Waals surface area contributed by atoms with Crippen molar-refractivity contribution in [1.82, 2.24) is 30.3 Å². The lowest BCUT2D eigenvalue weighted by atomic mass is 10.1. The van der Waals surface area contributed by atoms with E-state index in [1.807, 2.05) is 11.6 Å². The van der Waals surface area contributed by atoms with E-state index < -0.39 is 0 Å². The first-order valence-electron chi connectivity index (χ1n) is 8.23. The molecule has 0 unspecified atom stereocenters. The van der Waals surface area contributed by atoms with Gasteiger partial charge < -0.3 is 15.5 Å². The van der Waals surface area contributed by atoms with Gasteiger partial charge in [0.2, 0.25) is 11.8 Å². The molecule has 1 fully saturated rings. The molecular formula is C15H24N6O2. The summed E-state index contributed by atoms with van der Waals surface area (Å²) in [6.45, 7) is 3.56. The number of rotatable bonds is 4. The maximum atomic E-state index is 12.4. The van der Waals surface area contributed by atoms with E-state index in [1.165, 1.54) is 0 Å². The SMILES string of the molecule is CNC(=O)[C@H]1CCCN1C(=O)CN[C@H]1CCc2nc(C)nn2C1. The number of hydrogen-bond donors (Lipinski definition) is 2. The predicted octanol–water partition coefficient (Wildman–Crippen LogP) is -0.772. The first-order valence-corrected chi connectivity index (χ1v) is 8.23. The number of hydrogen-bond acceptors (Lipinski definition) is 5. The Hall–Kier alpha value is -1.96. The Balaban J connectivity index is 1.52. The second kappa shape index (κ2) is 6.66. The van der Waals surface area contributed by atoms with E-state index in [9.17, 15) is 9.59 Å². The Bertz CT molecular complexity index is 599. The summed E-state index contributed by atoms with van der Waals surface area (Å²) in [6.07, 6.45) is 3.45. The molecule has 2 N–H and O–H groups in total. The van der Waals surface area contributed by atoms with Crippen molar-refractivity contribution >= 4 is 11.8 Å². The largest absolute Gasteiger partial charge is 0.357 e. The summed E-state index contributed by atoms with van der Waals surface area (Å²) in [5.74, 6) is 1.74. The van der Waals surface area contributed by atoms with Crippen LogP contribution in [0.1, 0.15) is 30.9 Å². The zero-order chi connectivity index (χ0) is 16.4. The van der Waals surface area contributed by atoms with Gasteiger partial charge >= 0.3 is 0 Å². The lowest BCUT2D eigenvalue weighted by Gasteiger charge is -2.27. The van der Waals surface area contributed by atoms with Crippen LogP contribution in [-0.4, -0.2) is 63.7 Å². The smallest absolute Gasteiger partial charge is 0.242 e. The average Bonchev–Trinajstić information content (AvgIpc) is 3.16. The highest BCUT2D eigenvalue weighted by molar-refractivity contribution is 5.88. The van der Waals surface area contributed by atoms with Crippen LogP contribution < -0.4 is 10.6 Å². The number of carbonyl (C=O) groups is 2. The Morgan fingerprint density at radius 3 is 2.96 bits per heavy atom. The van der Waals surface area contributed by atoms with Crippen molar-refractivity contribution < 1.29 is 9.59 Å². The summed E-state index contributed by atoms with van der Waals surface area (Å²) in [6, 6.07) is -0.0983. The molecule has 0 radical (unpaired) electrons. The molecule has 0 saturated carbocycles. The molecule has 2 atom stereocenters. The van der Waals surface area contributed by atoms with Crippen molar-refractivity contribution in [2.24, 2.45) is 0 Å². The number of likely N-dealkylation sites (tertiary alicyclic amines) is 1. The minimum Gasteiger partial charge on any atom is -0.357 e. The van der Waals surface area contributed by atoms with Crippen LogP contribution in [0.5, 0.6) is 0 Å². The molecule has 2 aliphatic heterocycles. The van der Waals surface area contributed by atoms with Crippen LogP contribution in [0.3, 0.4) is 0 Å². The first kappa shape index (κ1) is 15.9. The minimum absolute atomic E-state index is 0.00309. The molecule has 126 valence electrons. The van der Waals surface area contributed by atoms with Gasteiger partial charge in [0.15, 0.2) is 0 Å². The maximum absolute atomic E-state index is 12.4. The van der Waals surface area contributed by atoms with Gasteiger partial charge in [-0.15, -0.1) is 0 Å². The molecule has 1 aromatic rings. The quantitative estimate of drug-likeness (QED) is 0.760. The number of likely N-dealkylation sites (N-methyl/N-ethyl adjacent to an activating group) is 1. The van der Waals surface area contributed by atoms with Gasteiger partial charge in [-0.25, -0.2) is 9.67 Å². The molecule has 3 heterocycles. The van der Waals surface area contributed by atoms with Crippen molar-refractivity contribution in [2.75, 3.05) is 20.1 Å². The molecule has 3 rings (SSSR count). The van der Waals surface area contributed by atoms with Gasteiger partial charge in [-0.3, -0.25) is 9.59 Å². The Morgan fingerprint density at radius 1 is 1.35 bits per heavy atom. The van der Waals surface area contributed by atoms with Gasteiger partial charge in [0.05, 0.1) is 13.1 Å². The minimum atomic E-state index is -0.315. The molecule has 2 aliphatic rings. The van der Waals surface area contributed by atoms with E-state index in [1.54, 1.807) is 11.9 Å². The fourth-order valence-electron chi connectivity index (χ4n) is 3.44. The van der Waals surface area contributed by atoms with Crippen LogP contribution in [0.2, 0.25) is 0 Å². The van der Waals surface area contributed by atoms with Gasteiger partial charge in [-0.05, 0) is 26.2 Å². The van der Waals surface area contributed by atoms with Crippen LogP contribution >= 0.6 is 0 Å². The summed E-state index contributed by atoms with van der Waals surface area (Å²) < 4.78 is 1.92. The van der Waals surface area contributed by atoms with E-state index in [4.69, 9.17) is 0 Å². The van der Waals surface area contributed by atoms with Gasteiger partial charge in [0.1, 0.15) is 17.7 Å². The third-order valence-electron chi connectivity index (χ3n) is 4.63. The Morgan fingerprint density at radius 2 is 2.17 bits per heavy atom. The highest BCUT2D eigenvalue weighted by Gasteiger charge is 2.33. The lowest BCUT2D eigenvalue weighted by Crippen LogP contribution is -2.49. The standard InChI is InChI=1S/C15H24N6O2/c1-10-18-13-6-5-11(9-21(13)19-10)17-8-14(22)20-7-3-4-12(20)15(23)16-2/h11-12,17H,3-9H2,1-2H3,(H,16,23)/t11-,12+/m0/s1. The summed E-state index contributed by atoms with van der Waals surface area (Å²) in [5, 5.41) is 10.3. The van der Waals surface area contributed by atoms with Crippen molar-refractivity contribution in [2.45, 2.75) is 51.2 Å². The van der Waals surface area contributed by atoms with Gasteiger partial charge in [-0.2, -0.15) is 5.10 Å². The summed E-state index contributed by atoms with van der Waals surface area (Å²) in [5.41, 5.74) is 0. The van der Waals surface area contributed by atoms with E-state index in [0.29, 0.717) is 6.54 Å². The molecule has 0 aliphatic carbocycles. The van der Waals surface area contributed by atoms with Crippen molar-refractivity contribution in [3.63, 3.8) is 0 Å². The van der Waals surface area contributed by atoms with E-state index >= 15 is 0 Å². The topological polar surface area (TPSA) is 92.2 Å². The average molecular weight is 320 g/mol. The van der Waals surface area contributed by atoms with Crippen molar-refractivity contribution in [3.8, 4) is 0 Å². The zero-order valence-corrected chi connectivity index (χ0v) is 13.7. The molecular weight excluding hydrogens is 296 g/mol. The van der Waals surface area contributed by atoms with E-state index in [2.05, 4.69) is 20.7 Å². The summed E-state index contributed by atoms with van der Waals surface area (Å²) in [7, 11) is 1.61. The van der Waals surface area contributed by atoms with Crippen LogP contribution in [0.15, 0.2) is 0 Å². The number of carbonyl (C=O) groups excluding carboxylic acids is 2. The molecule has 1 saturated heterocycles. The predicted molar refractivity (Wildman–Crippen MR) is 83.7 cm³/mol. The number of amides is 2. The lowest BCUT2D eigenvalue weighted by molar-refractivity contribution is -0.137. The highest BCUT2D eigenvalue weighted by atomic mass is 16.2.